The molecule has 0 aromatic heterocycles. The highest BCUT2D eigenvalue weighted by atomic mass is 16.2. The van der Waals surface area contributed by atoms with Crippen LogP contribution in [0.5, 0.6) is 0 Å². The molecule has 0 spiro atoms. The number of hydrogen-bond donors (Lipinski definition) is 0. The molecule has 0 bridgehead atoms. The molecule has 4 heteroatoms. The Morgan fingerprint density at radius 1 is 1.00 bits per heavy atom. The summed E-state index contributed by atoms with van der Waals surface area (Å²) < 4.78 is 0. The summed E-state index contributed by atoms with van der Waals surface area (Å²) in [6.07, 6.45) is 0. The molecule has 1 heterocycles. The summed E-state index contributed by atoms with van der Waals surface area (Å²) in [5.41, 5.74) is 2.79. The third kappa shape index (κ3) is 3.32. The quantitative estimate of drug-likeness (QED) is 0.874. The van der Waals surface area contributed by atoms with Crippen molar-refractivity contribution in [2.75, 3.05) is 26.2 Å². The van der Waals surface area contributed by atoms with Gasteiger partial charge in [-0.05, 0) is 24.1 Å². The van der Waals surface area contributed by atoms with Gasteiger partial charge in [-0.15, -0.1) is 0 Å². The fourth-order valence-corrected chi connectivity index (χ4v) is 3.17. The summed E-state index contributed by atoms with van der Waals surface area (Å²) in [5, 5.41) is 9.55. The number of benzene rings is 2. The van der Waals surface area contributed by atoms with Crippen LogP contribution in [0, 0.1) is 18.3 Å². The minimum atomic E-state index is -0.248. The van der Waals surface area contributed by atoms with Crippen molar-refractivity contribution in [1.82, 2.24) is 9.80 Å². The smallest absolute Gasteiger partial charge is 0.254 e. The largest absolute Gasteiger partial charge is 0.336 e. The average Bonchev–Trinajstić information content (AvgIpc) is 2.64. The van der Waals surface area contributed by atoms with Crippen molar-refractivity contribution in [1.29, 1.82) is 5.26 Å². The number of nitriles is 1. The van der Waals surface area contributed by atoms with Crippen LogP contribution in [0.3, 0.4) is 0 Å². The summed E-state index contributed by atoms with van der Waals surface area (Å²) in [6, 6.07) is 19.7. The van der Waals surface area contributed by atoms with Gasteiger partial charge in [0.1, 0.15) is 6.04 Å². The maximum atomic E-state index is 12.7. The molecule has 0 radical (unpaired) electrons. The highest BCUT2D eigenvalue weighted by Crippen LogP contribution is 2.22. The van der Waals surface area contributed by atoms with E-state index in [4.69, 9.17) is 0 Å². The molecule has 24 heavy (non-hydrogen) atoms. The summed E-state index contributed by atoms with van der Waals surface area (Å²) in [7, 11) is 0. The van der Waals surface area contributed by atoms with Gasteiger partial charge in [-0.1, -0.05) is 48.5 Å². The Balaban J connectivity index is 1.67. The number of hydrogen-bond acceptors (Lipinski definition) is 3. The molecule has 1 aliphatic rings. The van der Waals surface area contributed by atoms with E-state index >= 15 is 0 Å². The van der Waals surface area contributed by atoms with Gasteiger partial charge in [-0.25, -0.2) is 0 Å². The fraction of sp³-hybridized carbons (Fsp3) is 0.300. The molecule has 1 saturated heterocycles. The molecular weight excluding hydrogens is 298 g/mol. The van der Waals surface area contributed by atoms with E-state index in [2.05, 4.69) is 11.0 Å². The summed E-state index contributed by atoms with van der Waals surface area (Å²) in [4.78, 5) is 16.7. The van der Waals surface area contributed by atoms with Crippen molar-refractivity contribution in [2.45, 2.75) is 13.0 Å². The molecule has 0 N–H and O–H groups in total. The van der Waals surface area contributed by atoms with Crippen LogP contribution < -0.4 is 0 Å². The van der Waals surface area contributed by atoms with E-state index in [1.165, 1.54) is 0 Å². The van der Waals surface area contributed by atoms with Gasteiger partial charge in [-0.2, -0.15) is 5.26 Å². The Bertz CT molecular complexity index is 743. The highest BCUT2D eigenvalue weighted by molar-refractivity contribution is 5.95. The third-order valence-electron chi connectivity index (χ3n) is 4.58. The molecule has 1 fully saturated rings. The zero-order valence-electron chi connectivity index (χ0n) is 13.9. The van der Waals surface area contributed by atoms with E-state index in [-0.39, 0.29) is 11.9 Å². The second kappa shape index (κ2) is 7.29. The van der Waals surface area contributed by atoms with E-state index < -0.39 is 0 Å². The first-order valence-electron chi connectivity index (χ1n) is 8.24. The van der Waals surface area contributed by atoms with Crippen LogP contribution in [0.1, 0.15) is 27.5 Å². The van der Waals surface area contributed by atoms with E-state index in [0.717, 1.165) is 16.7 Å². The van der Waals surface area contributed by atoms with Crippen molar-refractivity contribution < 1.29 is 4.79 Å². The third-order valence-corrected chi connectivity index (χ3v) is 4.58. The fourth-order valence-electron chi connectivity index (χ4n) is 3.17. The van der Waals surface area contributed by atoms with Gasteiger partial charge in [0.15, 0.2) is 0 Å². The lowest BCUT2D eigenvalue weighted by molar-refractivity contribution is 0.0605. The molecule has 2 aromatic rings. The molecule has 1 amide bonds. The van der Waals surface area contributed by atoms with Gasteiger partial charge >= 0.3 is 0 Å². The molecule has 2 aromatic carbocycles. The topological polar surface area (TPSA) is 47.3 Å². The zero-order chi connectivity index (χ0) is 16.9. The first-order chi connectivity index (χ1) is 11.7. The molecule has 1 atom stereocenters. The van der Waals surface area contributed by atoms with Crippen LogP contribution in [0.25, 0.3) is 0 Å². The Morgan fingerprint density at radius 2 is 1.62 bits per heavy atom. The van der Waals surface area contributed by atoms with Gasteiger partial charge in [-0.3, -0.25) is 9.69 Å². The standard InChI is InChI=1S/C20H21N3O/c1-16-7-5-6-10-18(16)20(24)23-13-11-22(12-14-23)19(15-21)17-8-3-2-4-9-17/h2-10,19H,11-14H2,1H3/t19-/m0/s1. The average molecular weight is 319 g/mol. The van der Waals surface area contributed by atoms with Crippen molar-refractivity contribution in [3.8, 4) is 6.07 Å². The molecule has 0 aliphatic carbocycles. The number of amides is 1. The van der Waals surface area contributed by atoms with Gasteiger partial charge < -0.3 is 4.90 Å². The van der Waals surface area contributed by atoms with Crippen molar-refractivity contribution in [3.63, 3.8) is 0 Å². The predicted octanol–water partition coefficient (Wildman–Crippen LogP) is 3.02. The summed E-state index contributed by atoms with van der Waals surface area (Å²) >= 11 is 0. The van der Waals surface area contributed by atoms with Crippen LogP contribution in [0.15, 0.2) is 54.6 Å². The van der Waals surface area contributed by atoms with Crippen molar-refractivity contribution >= 4 is 5.91 Å². The molecule has 0 unspecified atom stereocenters. The van der Waals surface area contributed by atoms with Crippen molar-refractivity contribution in [2.24, 2.45) is 0 Å². The molecule has 4 nitrogen and oxygen atoms in total. The lowest BCUT2D eigenvalue weighted by Gasteiger charge is -2.37. The van der Waals surface area contributed by atoms with Crippen LogP contribution in [-0.4, -0.2) is 41.9 Å². The predicted molar refractivity (Wildman–Crippen MR) is 93.5 cm³/mol. The Labute approximate surface area is 142 Å². The molecular formula is C20H21N3O. The minimum Gasteiger partial charge on any atom is -0.336 e. The van der Waals surface area contributed by atoms with Gasteiger partial charge in [0.25, 0.3) is 5.91 Å². The Kier molecular flexibility index (Phi) is 4.93. The molecule has 1 aliphatic heterocycles. The highest BCUT2D eigenvalue weighted by Gasteiger charge is 2.27. The second-order valence-electron chi connectivity index (χ2n) is 6.09. The molecule has 122 valence electrons. The van der Waals surface area contributed by atoms with Gasteiger partial charge in [0.2, 0.25) is 0 Å². The van der Waals surface area contributed by atoms with E-state index in [0.29, 0.717) is 26.2 Å². The first-order valence-corrected chi connectivity index (χ1v) is 8.24. The van der Waals surface area contributed by atoms with Crippen LogP contribution >= 0.6 is 0 Å². The van der Waals surface area contributed by atoms with E-state index in [9.17, 15) is 10.1 Å². The first kappa shape index (κ1) is 16.2. The molecule has 3 rings (SSSR count). The lowest BCUT2D eigenvalue weighted by atomic mass is 10.0. The van der Waals surface area contributed by atoms with Gasteiger partial charge in [0.05, 0.1) is 6.07 Å². The van der Waals surface area contributed by atoms with Crippen molar-refractivity contribution in [3.05, 3.63) is 71.3 Å². The monoisotopic (exact) mass is 319 g/mol. The van der Waals surface area contributed by atoms with Gasteiger partial charge in [0, 0.05) is 31.7 Å². The zero-order valence-corrected chi connectivity index (χ0v) is 13.9. The normalized spacial score (nSPS) is 16.4. The second-order valence-corrected chi connectivity index (χ2v) is 6.09. The Hall–Kier alpha value is -2.64. The number of rotatable bonds is 3. The van der Waals surface area contributed by atoms with Crippen LogP contribution in [-0.2, 0) is 0 Å². The maximum Gasteiger partial charge on any atom is 0.254 e. The summed E-state index contributed by atoms with van der Waals surface area (Å²) in [5.74, 6) is 0.0842. The number of piperazine rings is 1. The van der Waals surface area contributed by atoms with Crippen LogP contribution in [0.4, 0.5) is 0 Å². The number of nitrogens with zero attached hydrogens (tertiary/aromatic N) is 3. The summed E-state index contributed by atoms with van der Waals surface area (Å²) in [6.45, 7) is 4.69. The lowest BCUT2D eigenvalue weighted by Crippen LogP contribution is -2.49. The number of carbonyl (C=O) groups is 1. The van der Waals surface area contributed by atoms with Crippen LogP contribution in [0.2, 0.25) is 0 Å². The maximum absolute atomic E-state index is 12.7. The van der Waals surface area contributed by atoms with E-state index in [1.54, 1.807) is 0 Å². The number of carbonyl (C=O) groups excluding carboxylic acids is 1. The Morgan fingerprint density at radius 3 is 2.25 bits per heavy atom. The SMILES string of the molecule is Cc1ccccc1C(=O)N1CCN([C@@H](C#N)c2ccccc2)CC1. The number of aryl methyl sites for hydroxylation is 1. The minimum absolute atomic E-state index is 0.0842. The molecule has 0 saturated carbocycles. The van der Waals surface area contributed by atoms with E-state index in [1.807, 2.05) is 66.4 Å².